The summed E-state index contributed by atoms with van der Waals surface area (Å²) in [4.78, 5) is 17.8. The van der Waals surface area contributed by atoms with Gasteiger partial charge in [-0.25, -0.2) is 13.8 Å². The minimum Gasteiger partial charge on any atom is -0.619 e. The summed E-state index contributed by atoms with van der Waals surface area (Å²) in [5, 5.41) is 12.4. The second kappa shape index (κ2) is 7.86. The molecule has 2 atom stereocenters. The molecular formula is C16H16ClF2N3O3S2. The molecule has 0 spiro atoms. The fourth-order valence-corrected chi connectivity index (χ4v) is 5.13. The average Bonchev–Trinajstić information content (AvgIpc) is 3.01. The van der Waals surface area contributed by atoms with Crippen molar-refractivity contribution in [2.24, 2.45) is 5.92 Å². The topological polar surface area (TPSA) is 83.2 Å². The lowest BCUT2D eigenvalue weighted by Crippen LogP contribution is -2.28. The van der Waals surface area contributed by atoms with Crippen LogP contribution in [0, 0.1) is 11.1 Å². The van der Waals surface area contributed by atoms with Crippen LogP contribution in [0.15, 0.2) is 24.5 Å². The zero-order valence-corrected chi connectivity index (χ0v) is 16.6. The van der Waals surface area contributed by atoms with E-state index in [2.05, 4.69) is 4.98 Å². The van der Waals surface area contributed by atoms with Crippen LogP contribution in [-0.2, 0) is 16.0 Å². The summed E-state index contributed by atoms with van der Waals surface area (Å²) >= 11 is 5.80. The molecule has 2 aromatic heterocycles. The second-order valence-corrected chi connectivity index (χ2v) is 9.20. The Hall–Kier alpha value is -1.49. The highest BCUT2D eigenvalue weighted by molar-refractivity contribution is 7.91. The van der Waals surface area contributed by atoms with Crippen LogP contribution < -0.4 is 9.63 Å². The first-order valence-electron chi connectivity index (χ1n) is 8.02. The Morgan fingerprint density at radius 2 is 2.30 bits per heavy atom. The Kier molecular flexibility index (Phi) is 5.90. The lowest BCUT2D eigenvalue weighted by molar-refractivity contribution is -0.604. The van der Waals surface area contributed by atoms with E-state index in [-0.39, 0.29) is 35.4 Å². The fourth-order valence-electron chi connectivity index (χ4n) is 2.45. The highest BCUT2D eigenvalue weighted by Crippen LogP contribution is 2.49. The van der Waals surface area contributed by atoms with Crippen LogP contribution >= 0.6 is 22.9 Å². The molecular weight excluding hydrogens is 420 g/mol. The van der Waals surface area contributed by atoms with Gasteiger partial charge < -0.3 is 14.7 Å². The Balaban J connectivity index is 1.60. The molecule has 1 saturated carbocycles. The Morgan fingerprint density at radius 1 is 1.59 bits per heavy atom. The number of anilines is 1. The molecule has 0 radical (unpaired) electrons. The van der Waals surface area contributed by atoms with Crippen LogP contribution in [0.4, 0.5) is 13.8 Å². The molecule has 3 rings (SSSR count). The molecule has 0 saturated heterocycles. The average molecular weight is 436 g/mol. The van der Waals surface area contributed by atoms with Gasteiger partial charge in [0.1, 0.15) is 21.5 Å². The number of aromatic nitrogens is 2. The largest absolute Gasteiger partial charge is 0.619 e. The first-order chi connectivity index (χ1) is 12.7. The van der Waals surface area contributed by atoms with Crippen molar-refractivity contribution in [2.75, 3.05) is 23.5 Å². The molecule has 1 fully saturated rings. The van der Waals surface area contributed by atoms with E-state index < -0.39 is 23.0 Å². The van der Waals surface area contributed by atoms with Crippen molar-refractivity contribution in [3.05, 3.63) is 34.9 Å². The number of carbonyl (C=O) groups excluding carboxylic acids is 1. The van der Waals surface area contributed by atoms with E-state index in [1.165, 1.54) is 24.3 Å². The van der Waals surface area contributed by atoms with E-state index >= 15 is 0 Å². The third kappa shape index (κ3) is 4.87. The van der Waals surface area contributed by atoms with Crippen molar-refractivity contribution in [2.45, 2.75) is 18.8 Å². The summed E-state index contributed by atoms with van der Waals surface area (Å²) < 4.78 is 38.2. The summed E-state index contributed by atoms with van der Waals surface area (Å²) in [6, 6.07) is 3.27. The van der Waals surface area contributed by atoms with Crippen LogP contribution in [0.2, 0.25) is 5.15 Å². The number of pyridine rings is 1. The number of hydrogen-bond acceptors (Lipinski definition) is 5. The Bertz CT molecular complexity index is 852. The molecule has 2 aromatic rings. The van der Waals surface area contributed by atoms with Crippen LogP contribution in [0.5, 0.6) is 0 Å². The van der Waals surface area contributed by atoms with Crippen molar-refractivity contribution >= 4 is 45.0 Å². The molecule has 27 heavy (non-hydrogen) atoms. The molecule has 0 aromatic carbocycles. The van der Waals surface area contributed by atoms with Crippen molar-refractivity contribution in [1.82, 2.24) is 4.98 Å². The lowest BCUT2D eigenvalue weighted by Gasteiger charge is -2.16. The highest BCUT2D eigenvalue weighted by atomic mass is 35.5. The summed E-state index contributed by atoms with van der Waals surface area (Å²) in [6.07, 6.45) is 2.41. The molecule has 0 bridgehead atoms. The summed E-state index contributed by atoms with van der Waals surface area (Å²) in [6.45, 7) is 0. The van der Waals surface area contributed by atoms with Gasteiger partial charge in [0.2, 0.25) is 5.91 Å². The molecule has 2 unspecified atom stereocenters. The maximum atomic E-state index is 12.9. The molecule has 1 aliphatic rings. The van der Waals surface area contributed by atoms with Gasteiger partial charge in [-0.1, -0.05) is 34.1 Å². The third-order valence-corrected chi connectivity index (χ3v) is 7.15. The number of amides is 1. The fraction of sp³-hybridized carbons (Fsp3) is 0.438. The molecule has 11 heteroatoms. The van der Waals surface area contributed by atoms with Gasteiger partial charge in [0.05, 0.1) is 17.9 Å². The van der Waals surface area contributed by atoms with Crippen LogP contribution in [0.25, 0.3) is 10.6 Å². The Morgan fingerprint density at radius 3 is 2.93 bits per heavy atom. The van der Waals surface area contributed by atoms with E-state index in [0.29, 0.717) is 20.3 Å². The normalized spacial score (nSPS) is 18.9. The maximum absolute atomic E-state index is 12.9. The van der Waals surface area contributed by atoms with Crippen molar-refractivity contribution in [3.63, 3.8) is 0 Å². The third-order valence-electron chi connectivity index (χ3n) is 4.16. The number of hydrogen-bond donors (Lipinski definition) is 0. The monoisotopic (exact) mass is 435 g/mol. The molecule has 1 amide bonds. The van der Waals surface area contributed by atoms with Crippen molar-refractivity contribution in [1.29, 1.82) is 0 Å². The number of rotatable bonds is 7. The first-order valence-corrected chi connectivity index (χ1v) is 10.7. The highest BCUT2D eigenvalue weighted by Gasteiger charge is 2.58. The maximum Gasteiger partial charge on any atom is 0.256 e. The number of alkyl halides is 2. The number of nitrogens with zero attached hydrogens (tertiary/aromatic N) is 3. The van der Waals surface area contributed by atoms with Gasteiger partial charge in [-0.2, -0.15) is 4.73 Å². The zero-order chi connectivity index (χ0) is 19.8. The van der Waals surface area contributed by atoms with E-state index in [1.807, 2.05) is 0 Å². The standard InChI is InChI=1S/C16H16ClF2N3O3S2/c1-21(12(23)4-6-27(25)9-11-7-16(11,18)19)15-13(17)20-14(26-15)10-3-2-5-22(24)8-10/h2-3,5,8,11H,4,6-7,9H2,1H3. The molecule has 146 valence electrons. The minimum atomic E-state index is -2.71. The van der Waals surface area contributed by atoms with E-state index in [9.17, 15) is 23.3 Å². The minimum absolute atomic E-state index is 0.0217. The summed E-state index contributed by atoms with van der Waals surface area (Å²) in [7, 11) is 1.52. The molecule has 0 N–H and O–H groups in total. The van der Waals surface area contributed by atoms with E-state index in [1.54, 1.807) is 12.1 Å². The molecule has 0 aliphatic heterocycles. The molecule has 6 nitrogen and oxygen atoms in total. The van der Waals surface area contributed by atoms with Gasteiger partial charge in [0.15, 0.2) is 17.5 Å². The quantitative estimate of drug-likeness (QED) is 0.380. The van der Waals surface area contributed by atoms with Crippen molar-refractivity contribution < 1.29 is 22.9 Å². The van der Waals surface area contributed by atoms with Gasteiger partial charge in [-0.15, -0.1) is 0 Å². The molecule has 2 heterocycles. The van der Waals surface area contributed by atoms with E-state index in [4.69, 9.17) is 11.6 Å². The van der Waals surface area contributed by atoms with Crippen LogP contribution in [-0.4, -0.2) is 39.9 Å². The van der Waals surface area contributed by atoms with Gasteiger partial charge in [-0.05, 0) is 6.07 Å². The van der Waals surface area contributed by atoms with Crippen LogP contribution in [0.1, 0.15) is 12.8 Å². The second-order valence-electron chi connectivity index (χ2n) is 6.24. The SMILES string of the molecule is CN(C(=O)CC[S+]([O-])CC1CC1(F)F)c1sc(-c2ccc[n+]([O-])c2)nc1Cl. The van der Waals surface area contributed by atoms with E-state index in [0.717, 1.165) is 11.3 Å². The van der Waals surface area contributed by atoms with Crippen molar-refractivity contribution in [3.8, 4) is 10.6 Å². The summed E-state index contributed by atoms with van der Waals surface area (Å²) in [5.41, 5.74) is 0.568. The summed E-state index contributed by atoms with van der Waals surface area (Å²) in [5.74, 6) is -3.94. The number of halogens is 3. The lowest BCUT2D eigenvalue weighted by atomic mass is 10.3. The number of carbonyl (C=O) groups is 1. The van der Waals surface area contributed by atoms with Gasteiger partial charge in [0, 0.05) is 19.5 Å². The van der Waals surface area contributed by atoms with Gasteiger partial charge in [-0.3, -0.25) is 4.79 Å². The number of thiazole rings is 1. The van der Waals surface area contributed by atoms with Crippen LogP contribution in [0.3, 0.4) is 0 Å². The predicted octanol–water partition coefficient (Wildman–Crippen LogP) is 2.85. The van der Waals surface area contributed by atoms with Gasteiger partial charge in [0.25, 0.3) is 5.92 Å². The first kappa shape index (κ1) is 20.2. The molecule has 1 aliphatic carbocycles. The van der Waals surface area contributed by atoms with Gasteiger partial charge >= 0.3 is 0 Å². The predicted molar refractivity (Wildman–Crippen MR) is 100 cm³/mol. The zero-order valence-electron chi connectivity index (χ0n) is 14.2. The smallest absolute Gasteiger partial charge is 0.256 e. The Labute approximate surface area is 166 Å².